The molecule has 1 N–H and O–H groups in total. The minimum atomic E-state index is -0.729. The first-order valence-electron chi connectivity index (χ1n) is 5.59. The molecule has 0 saturated carbocycles. The highest BCUT2D eigenvalue weighted by atomic mass is 19.1. The molecular formula is C13H17F2NO. The first kappa shape index (κ1) is 13.8. The highest BCUT2D eigenvalue weighted by Gasteiger charge is 2.26. The summed E-state index contributed by atoms with van der Waals surface area (Å²) in [4.78, 5) is 11.9. The molecule has 4 heteroatoms. The van der Waals surface area contributed by atoms with E-state index in [1.165, 1.54) is 0 Å². The standard InChI is InChI=1S/C13H17F2NO/c1-4-16-13(2,3)12(17)8-9-7-10(14)5-6-11(9)15/h5-7,16H,4,8H2,1-3H3. The first-order valence-corrected chi connectivity index (χ1v) is 5.59. The van der Waals surface area contributed by atoms with E-state index in [1.54, 1.807) is 13.8 Å². The van der Waals surface area contributed by atoms with Crippen LogP contribution in [0, 0.1) is 11.6 Å². The molecule has 0 spiro atoms. The molecule has 2 nitrogen and oxygen atoms in total. The van der Waals surface area contributed by atoms with Crippen LogP contribution in [0.3, 0.4) is 0 Å². The number of carbonyl (C=O) groups is 1. The molecule has 1 rings (SSSR count). The molecule has 0 saturated heterocycles. The number of hydrogen-bond acceptors (Lipinski definition) is 2. The largest absolute Gasteiger partial charge is 0.306 e. The van der Waals surface area contributed by atoms with Gasteiger partial charge in [0.15, 0.2) is 5.78 Å². The second-order valence-corrected chi connectivity index (χ2v) is 4.49. The molecule has 17 heavy (non-hydrogen) atoms. The number of ketones is 1. The van der Waals surface area contributed by atoms with E-state index in [2.05, 4.69) is 5.32 Å². The normalized spacial score (nSPS) is 11.6. The molecule has 0 aliphatic rings. The van der Waals surface area contributed by atoms with Gasteiger partial charge in [-0.05, 0) is 44.2 Å². The van der Waals surface area contributed by atoms with Crippen molar-refractivity contribution in [2.75, 3.05) is 6.54 Å². The second kappa shape index (κ2) is 5.36. The number of benzene rings is 1. The monoisotopic (exact) mass is 241 g/mol. The Kier molecular flexibility index (Phi) is 4.34. The molecular weight excluding hydrogens is 224 g/mol. The summed E-state index contributed by atoms with van der Waals surface area (Å²) < 4.78 is 26.3. The summed E-state index contributed by atoms with van der Waals surface area (Å²) in [6.07, 6.45) is -0.108. The van der Waals surface area contributed by atoms with Gasteiger partial charge in [0.2, 0.25) is 0 Å². The zero-order chi connectivity index (χ0) is 13.1. The average Bonchev–Trinajstić information content (AvgIpc) is 2.23. The third kappa shape index (κ3) is 3.60. The maximum Gasteiger partial charge on any atom is 0.156 e. The van der Waals surface area contributed by atoms with Gasteiger partial charge in [-0.25, -0.2) is 8.78 Å². The lowest BCUT2D eigenvalue weighted by Crippen LogP contribution is -2.47. The fraction of sp³-hybridized carbons (Fsp3) is 0.462. The van der Waals surface area contributed by atoms with Crippen molar-refractivity contribution in [3.05, 3.63) is 35.4 Å². The third-order valence-corrected chi connectivity index (χ3v) is 2.67. The fourth-order valence-electron chi connectivity index (χ4n) is 1.61. The summed E-state index contributed by atoms with van der Waals surface area (Å²) >= 11 is 0. The molecule has 94 valence electrons. The van der Waals surface area contributed by atoms with Crippen molar-refractivity contribution in [3.8, 4) is 0 Å². The van der Waals surface area contributed by atoms with Gasteiger partial charge in [-0.1, -0.05) is 6.92 Å². The average molecular weight is 241 g/mol. The molecule has 0 heterocycles. The van der Waals surface area contributed by atoms with Crippen molar-refractivity contribution in [1.82, 2.24) is 5.32 Å². The van der Waals surface area contributed by atoms with Gasteiger partial charge in [0.1, 0.15) is 11.6 Å². The zero-order valence-corrected chi connectivity index (χ0v) is 10.3. The minimum absolute atomic E-state index is 0.0981. The van der Waals surface area contributed by atoms with Crippen LogP contribution < -0.4 is 5.32 Å². The van der Waals surface area contributed by atoms with Crippen molar-refractivity contribution < 1.29 is 13.6 Å². The van der Waals surface area contributed by atoms with Crippen LogP contribution in [-0.2, 0) is 11.2 Å². The molecule has 0 fully saturated rings. The Bertz CT molecular complexity index is 416. The Balaban J connectivity index is 2.84. The lowest BCUT2D eigenvalue weighted by Gasteiger charge is -2.24. The quantitative estimate of drug-likeness (QED) is 0.858. The van der Waals surface area contributed by atoms with E-state index in [4.69, 9.17) is 0 Å². The number of carbonyl (C=O) groups excluding carboxylic acids is 1. The van der Waals surface area contributed by atoms with E-state index in [9.17, 15) is 13.6 Å². The fourth-order valence-corrected chi connectivity index (χ4v) is 1.61. The molecule has 1 aromatic carbocycles. The molecule has 0 aliphatic heterocycles. The molecule has 0 bridgehead atoms. The lowest BCUT2D eigenvalue weighted by molar-refractivity contribution is -0.123. The number of nitrogens with one attached hydrogen (secondary N) is 1. The summed E-state index contributed by atoms with van der Waals surface area (Å²) in [5, 5.41) is 3.01. The van der Waals surface area contributed by atoms with Crippen LogP contribution in [0.15, 0.2) is 18.2 Å². The van der Waals surface area contributed by atoms with Crippen LogP contribution in [0.2, 0.25) is 0 Å². The Morgan fingerprint density at radius 2 is 2.00 bits per heavy atom. The lowest BCUT2D eigenvalue weighted by atomic mass is 9.93. The summed E-state index contributed by atoms with van der Waals surface area (Å²) in [6.45, 7) is 5.99. The molecule has 0 aliphatic carbocycles. The van der Waals surface area contributed by atoms with Gasteiger partial charge in [-0.2, -0.15) is 0 Å². The zero-order valence-electron chi connectivity index (χ0n) is 10.3. The van der Waals surface area contributed by atoms with Gasteiger partial charge in [0.25, 0.3) is 0 Å². The smallest absolute Gasteiger partial charge is 0.156 e. The Labute approximate surface area is 100 Å². The highest BCUT2D eigenvalue weighted by Crippen LogP contribution is 2.14. The minimum Gasteiger partial charge on any atom is -0.306 e. The SMILES string of the molecule is CCNC(C)(C)C(=O)Cc1cc(F)ccc1F. The van der Waals surface area contributed by atoms with Gasteiger partial charge in [-0.15, -0.1) is 0 Å². The summed E-state index contributed by atoms with van der Waals surface area (Å²) in [6, 6.07) is 3.15. The van der Waals surface area contributed by atoms with E-state index < -0.39 is 17.2 Å². The van der Waals surface area contributed by atoms with Gasteiger partial charge >= 0.3 is 0 Å². The third-order valence-electron chi connectivity index (χ3n) is 2.67. The van der Waals surface area contributed by atoms with Crippen LogP contribution >= 0.6 is 0 Å². The molecule has 0 unspecified atom stereocenters. The maximum atomic E-state index is 13.4. The maximum absolute atomic E-state index is 13.4. The van der Waals surface area contributed by atoms with Gasteiger partial charge in [-0.3, -0.25) is 4.79 Å². The molecule has 0 radical (unpaired) electrons. The van der Waals surface area contributed by atoms with Crippen LogP contribution in [0.1, 0.15) is 26.3 Å². The Hall–Kier alpha value is -1.29. The molecule has 0 atom stereocenters. The van der Waals surface area contributed by atoms with Crippen molar-refractivity contribution in [2.24, 2.45) is 0 Å². The van der Waals surface area contributed by atoms with Crippen LogP contribution in [0.4, 0.5) is 8.78 Å². The van der Waals surface area contributed by atoms with Crippen molar-refractivity contribution in [3.63, 3.8) is 0 Å². The number of rotatable bonds is 5. The van der Waals surface area contributed by atoms with E-state index in [1.807, 2.05) is 6.92 Å². The van der Waals surface area contributed by atoms with E-state index in [-0.39, 0.29) is 17.8 Å². The Morgan fingerprint density at radius 1 is 1.35 bits per heavy atom. The van der Waals surface area contributed by atoms with Gasteiger partial charge in [0.05, 0.1) is 5.54 Å². The van der Waals surface area contributed by atoms with Crippen molar-refractivity contribution in [2.45, 2.75) is 32.7 Å². The van der Waals surface area contributed by atoms with Crippen LogP contribution in [-0.4, -0.2) is 17.9 Å². The van der Waals surface area contributed by atoms with Crippen molar-refractivity contribution in [1.29, 1.82) is 0 Å². The predicted octanol–water partition coefficient (Wildman–Crippen LogP) is 2.46. The first-order chi connectivity index (χ1) is 7.86. The molecule has 1 aromatic rings. The topological polar surface area (TPSA) is 29.1 Å². The number of likely N-dealkylation sites (N-methyl/N-ethyl adjacent to an activating group) is 1. The molecule has 0 aromatic heterocycles. The van der Waals surface area contributed by atoms with E-state index in [0.29, 0.717) is 6.54 Å². The van der Waals surface area contributed by atoms with Crippen LogP contribution in [0.25, 0.3) is 0 Å². The number of hydrogen-bond donors (Lipinski definition) is 1. The summed E-state index contributed by atoms with van der Waals surface area (Å²) in [5.74, 6) is -1.24. The molecule has 0 amide bonds. The number of Topliss-reactive ketones (excluding diaryl/α,β-unsaturated/α-hetero) is 1. The number of halogens is 2. The predicted molar refractivity (Wildman–Crippen MR) is 62.8 cm³/mol. The van der Waals surface area contributed by atoms with Gasteiger partial charge < -0.3 is 5.32 Å². The van der Waals surface area contributed by atoms with Gasteiger partial charge in [0, 0.05) is 6.42 Å². The summed E-state index contributed by atoms with van der Waals surface area (Å²) in [5.41, 5.74) is -0.631. The van der Waals surface area contributed by atoms with Crippen LogP contribution in [0.5, 0.6) is 0 Å². The van der Waals surface area contributed by atoms with Crippen molar-refractivity contribution >= 4 is 5.78 Å². The van der Waals surface area contributed by atoms with E-state index in [0.717, 1.165) is 18.2 Å². The second-order valence-electron chi connectivity index (χ2n) is 4.49. The van der Waals surface area contributed by atoms with E-state index >= 15 is 0 Å². The summed E-state index contributed by atoms with van der Waals surface area (Å²) in [7, 11) is 0. The highest BCUT2D eigenvalue weighted by molar-refractivity contribution is 5.89. The Morgan fingerprint density at radius 3 is 2.59 bits per heavy atom.